The molecule has 2 N–H and O–H groups in total. The summed E-state index contributed by atoms with van der Waals surface area (Å²) >= 11 is 4.59. The number of nitrogens with zero attached hydrogens (tertiary/aromatic N) is 3. The molecule has 0 saturated carbocycles. The van der Waals surface area contributed by atoms with Crippen molar-refractivity contribution in [1.82, 2.24) is 20.1 Å². The van der Waals surface area contributed by atoms with Gasteiger partial charge in [0.2, 0.25) is 5.91 Å². The minimum atomic E-state index is -0.509. The minimum absolute atomic E-state index is 0.0119. The third-order valence-electron chi connectivity index (χ3n) is 5.56. The number of anilines is 1. The van der Waals surface area contributed by atoms with E-state index in [2.05, 4.69) is 43.7 Å². The first-order valence-electron chi connectivity index (χ1n) is 12.3. The standard InChI is InChI=1S/C28H27BrFN5O3S/c1-2-3-16-38-22-14-8-19(9-15-22)27(37)31-17-25-33-34-28(35(25)21-12-10-20(29)11-13-21)39-18-26(36)32-24-7-5-4-6-23(24)30/h4-15H,2-3,16-18H2,1H3,(H,31,37)(H,32,36). The van der Waals surface area contributed by atoms with Crippen molar-refractivity contribution in [3.63, 3.8) is 0 Å². The number of hydrogen-bond acceptors (Lipinski definition) is 6. The van der Waals surface area contributed by atoms with E-state index < -0.39 is 5.82 Å². The molecule has 4 rings (SSSR count). The highest BCUT2D eigenvalue weighted by molar-refractivity contribution is 9.10. The maximum atomic E-state index is 13.9. The van der Waals surface area contributed by atoms with Crippen LogP contribution in [0.15, 0.2) is 82.4 Å². The first-order valence-corrected chi connectivity index (χ1v) is 14.1. The second-order valence-electron chi connectivity index (χ2n) is 8.44. The van der Waals surface area contributed by atoms with E-state index in [-0.39, 0.29) is 29.8 Å². The van der Waals surface area contributed by atoms with Gasteiger partial charge in [0.25, 0.3) is 5.91 Å². The normalized spacial score (nSPS) is 10.7. The van der Waals surface area contributed by atoms with Crippen molar-refractivity contribution < 1.29 is 18.7 Å². The number of carbonyl (C=O) groups excluding carboxylic acids is 2. The zero-order valence-corrected chi connectivity index (χ0v) is 23.6. The van der Waals surface area contributed by atoms with Crippen LogP contribution in [0, 0.1) is 5.82 Å². The van der Waals surface area contributed by atoms with Gasteiger partial charge in [-0.3, -0.25) is 14.2 Å². The van der Waals surface area contributed by atoms with Crippen LogP contribution in [0.1, 0.15) is 35.9 Å². The average Bonchev–Trinajstić information content (AvgIpc) is 3.35. The van der Waals surface area contributed by atoms with Crippen LogP contribution in [0.3, 0.4) is 0 Å². The Hall–Kier alpha value is -3.70. The average molecular weight is 613 g/mol. The Labute approximate surface area is 238 Å². The van der Waals surface area contributed by atoms with Crippen LogP contribution >= 0.6 is 27.7 Å². The molecule has 4 aromatic rings. The number of thioether (sulfide) groups is 1. The Morgan fingerprint density at radius 1 is 1.03 bits per heavy atom. The van der Waals surface area contributed by atoms with Gasteiger partial charge >= 0.3 is 0 Å². The van der Waals surface area contributed by atoms with Crippen molar-refractivity contribution in [3.05, 3.63) is 94.5 Å². The van der Waals surface area contributed by atoms with E-state index in [0.717, 1.165) is 40.5 Å². The van der Waals surface area contributed by atoms with Crippen LogP contribution in [-0.4, -0.2) is 38.9 Å². The van der Waals surface area contributed by atoms with E-state index in [1.54, 1.807) is 41.0 Å². The third-order valence-corrected chi connectivity index (χ3v) is 7.01. The van der Waals surface area contributed by atoms with E-state index in [4.69, 9.17) is 4.74 Å². The molecular formula is C28H27BrFN5O3S. The lowest BCUT2D eigenvalue weighted by molar-refractivity contribution is -0.113. The molecule has 0 saturated heterocycles. The smallest absolute Gasteiger partial charge is 0.251 e. The number of nitrogens with one attached hydrogen (secondary N) is 2. The molecule has 1 heterocycles. The van der Waals surface area contributed by atoms with Gasteiger partial charge in [0, 0.05) is 15.7 Å². The number of benzene rings is 3. The van der Waals surface area contributed by atoms with Gasteiger partial charge < -0.3 is 15.4 Å². The maximum absolute atomic E-state index is 13.9. The van der Waals surface area contributed by atoms with Crippen LogP contribution in [0.4, 0.5) is 10.1 Å². The highest BCUT2D eigenvalue weighted by Crippen LogP contribution is 2.24. The molecule has 0 aliphatic carbocycles. The molecule has 0 unspecified atom stereocenters. The minimum Gasteiger partial charge on any atom is -0.494 e. The van der Waals surface area contributed by atoms with Crippen molar-refractivity contribution in [2.24, 2.45) is 0 Å². The van der Waals surface area contributed by atoms with Gasteiger partial charge in [0.05, 0.1) is 24.6 Å². The highest BCUT2D eigenvalue weighted by atomic mass is 79.9. The molecule has 1 aromatic heterocycles. The molecule has 0 fully saturated rings. The molecule has 11 heteroatoms. The summed E-state index contributed by atoms with van der Waals surface area (Å²) in [7, 11) is 0. The first kappa shape index (κ1) is 28.3. The Balaban J connectivity index is 1.44. The van der Waals surface area contributed by atoms with Gasteiger partial charge in [-0.05, 0) is 67.1 Å². The van der Waals surface area contributed by atoms with Crippen molar-refractivity contribution in [1.29, 1.82) is 0 Å². The van der Waals surface area contributed by atoms with Crippen LogP contribution in [-0.2, 0) is 11.3 Å². The quantitative estimate of drug-likeness (QED) is 0.150. The summed E-state index contributed by atoms with van der Waals surface area (Å²) in [6.45, 7) is 2.85. The fourth-order valence-corrected chi connectivity index (χ4v) is 4.57. The SMILES string of the molecule is CCCCOc1ccc(C(=O)NCc2nnc(SCC(=O)Nc3ccccc3F)n2-c2ccc(Br)cc2)cc1. The molecule has 3 aromatic carbocycles. The predicted molar refractivity (Wildman–Crippen MR) is 153 cm³/mol. The predicted octanol–water partition coefficient (Wildman–Crippen LogP) is 6.01. The largest absolute Gasteiger partial charge is 0.494 e. The van der Waals surface area contributed by atoms with Gasteiger partial charge in [0.1, 0.15) is 11.6 Å². The van der Waals surface area contributed by atoms with Crippen LogP contribution < -0.4 is 15.4 Å². The number of hydrogen-bond donors (Lipinski definition) is 2. The molecular weight excluding hydrogens is 585 g/mol. The third kappa shape index (κ3) is 7.90. The van der Waals surface area contributed by atoms with Crippen molar-refractivity contribution in [2.45, 2.75) is 31.5 Å². The van der Waals surface area contributed by atoms with Gasteiger partial charge in [-0.2, -0.15) is 0 Å². The van der Waals surface area contributed by atoms with Crippen molar-refractivity contribution >= 4 is 45.2 Å². The fourth-order valence-electron chi connectivity index (χ4n) is 3.54. The second kappa shape index (κ2) is 13.9. The molecule has 202 valence electrons. The highest BCUT2D eigenvalue weighted by Gasteiger charge is 2.18. The summed E-state index contributed by atoms with van der Waals surface area (Å²) in [5.74, 6) is 0.0389. The molecule has 0 atom stereocenters. The lowest BCUT2D eigenvalue weighted by atomic mass is 10.2. The second-order valence-corrected chi connectivity index (χ2v) is 10.3. The lowest BCUT2D eigenvalue weighted by Gasteiger charge is -2.12. The molecule has 39 heavy (non-hydrogen) atoms. The molecule has 2 amide bonds. The Bertz CT molecular complexity index is 1410. The Kier molecular flexibility index (Phi) is 10.1. The molecule has 8 nitrogen and oxygen atoms in total. The summed E-state index contributed by atoms with van der Waals surface area (Å²) in [4.78, 5) is 25.3. The van der Waals surface area contributed by atoms with E-state index in [1.165, 1.54) is 12.1 Å². The summed E-state index contributed by atoms with van der Waals surface area (Å²) in [5.41, 5.74) is 1.37. The number of rotatable bonds is 12. The van der Waals surface area contributed by atoms with Crippen molar-refractivity contribution in [2.75, 3.05) is 17.7 Å². The number of aromatic nitrogens is 3. The lowest BCUT2D eigenvalue weighted by Crippen LogP contribution is -2.24. The summed E-state index contributed by atoms with van der Waals surface area (Å²) < 4.78 is 22.2. The first-order chi connectivity index (χ1) is 18.9. The van der Waals surface area contributed by atoms with Crippen molar-refractivity contribution in [3.8, 4) is 11.4 Å². The van der Waals surface area contributed by atoms with E-state index in [1.807, 2.05) is 24.3 Å². The molecule has 0 radical (unpaired) electrons. The summed E-state index contributed by atoms with van der Waals surface area (Å²) in [6, 6.07) is 20.5. The van der Waals surface area contributed by atoms with E-state index in [9.17, 15) is 14.0 Å². The van der Waals surface area contributed by atoms with Crippen LogP contribution in [0.5, 0.6) is 5.75 Å². The van der Waals surface area contributed by atoms with Gasteiger partial charge in [0.15, 0.2) is 11.0 Å². The summed E-state index contributed by atoms with van der Waals surface area (Å²) in [5, 5.41) is 14.4. The van der Waals surface area contributed by atoms with Gasteiger partial charge in [-0.1, -0.05) is 53.2 Å². The molecule has 0 spiro atoms. The number of unbranched alkanes of at least 4 members (excludes halogenated alkanes) is 1. The van der Waals surface area contributed by atoms with E-state index >= 15 is 0 Å². The fraction of sp³-hybridized carbons (Fsp3) is 0.214. The van der Waals surface area contributed by atoms with Gasteiger partial charge in [-0.15, -0.1) is 10.2 Å². The number of halogens is 2. The van der Waals surface area contributed by atoms with Gasteiger partial charge in [-0.25, -0.2) is 4.39 Å². The topological polar surface area (TPSA) is 98.1 Å². The zero-order chi connectivity index (χ0) is 27.6. The maximum Gasteiger partial charge on any atom is 0.251 e. The Morgan fingerprint density at radius 2 is 1.77 bits per heavy atom. The van der Waals surface area contributed by atoms with Crippen LogP contribution in [0.25, 0.3) is 5.69 Å². The zero-order valence-electron chi connectivity index (χ0n) is 21.2. The number of amides is 2. The summed E-state index contributed by atoms with van der Waals surface area (Å²) in [6.07, 6.45) is 2.02. The molecule has 0 bridgehead atoms. The number of para-hydroxylation sites is 1. The van der Waals surface area contributed by atoms with E-state index in [0.29, 0.717) is 23.2 Å². The van der Waals surface area contributed by atoms with Crippen LogP contribution in [0.2, 0.25) is 0 Å². The molecule has 0 aliphatic heterocycles. The Morgan fingerprint density at radius 3 is 2.49 bits per heavy atom. The number of ether oxygens (including phenoxy) is 1. The molecule has 0 aliphatic rings. The number of carbonyl (C=O) groups is 2. The monoisotopic (exact) mass is 611 g/mol.